The molecule has 0 saturated carbocycles. The molecule has 3 aromatic carbocycles. The highest BCUT2D eigenvalue weighted by Crippen LogP contribution is 2.40. The smallest absolute Gasteiger partial charge is 0.258 e. The van der Waals surface area contributed by atoms with E-state index < -0.39 is 0 Å². The van der Waals surface area contributed by atoms with Crippen molar-refractivity contribution >= 4 is 28.6 Å². The van der Waals surface area contributed by atoms with Gasteiger partial charge in [0.1, 0.15) is 5.75 Å². The highest BCUT2D eigenvalue weighted by Gasteiger charge is 2.35. The van der Waals surface area contributed by atoms with Crippen LogP contribution in [0.1, 0.15) is 24.4 Å². The van der Waals surface area contributed by atoms with Crippen LogP contribution in [0.4, 0.5) is 5.69 Å². The fourth-order valence-corrected chi connectivity index (χ4v) is 4.82. The number of thiocarbonyl (C=S) groups is 1. The number of hydrogen-bond donors (Lipinski definition) is 1. The fourth-order valence-electron chi connectivity index (χ4n) is 4.46. The van der Waals surface area contributed by atoms with Gasteiger partial charge in [0.2, 0.25) is 12.6 Å². The third-order valence-corrected chi connectivity index (χ3v) is 6.52. The number of aromatic nitrogens is 2. The third kappa shape index (κ3) is 3.83. The van der Waals surface area contributed by atoms with Gasteiger partial charge in [0.15, 0.2) is 16.6 Å². The second-order valence-electron chi connectivity index (χ2n) is 8.32. The lowest BCUT2D eigenvalue weighted by Gasteiger charge is -2.37. The molecule has 4 aromatic rings. The molecule has 9 heteroatoms. The molecular weight excluding hydrogens is 476 g/mol. The first kappa shape index (κ1) is 22.1. The minimum atomic E-state index is -0.273. The van der Waals surface area contributed by atoms with E-state index in [0.717, 1.165) is 33.8 Å². The second kappa shape index (κ2) is 9.01. The van der Waals surface area contributed by atoms with Crippen molar-refractivity contribution in [1.29, 1.82) is 0 Å². The normalized spacial score (nSPS) is 16.8. The van der Waals surface area contributed by atoms with Crippen LogP contribution in [0.2, 0.25) is 0 Å². The first-order valence-corrected chi connectivity index (χ1v) is 11.8. The van der Waals surface area contributed by atoms with E-state index in [1.807, 2.05) is 84.6 Å². The van der Waals surface area contributed by atoms with Crippen LogP contribution >= 0.6 is 12.2 Å². The van der Waals surface area contributed by atoms with Crippen LogP contribution in [0.25, 0.3) is 17.0 Å². The first-order chi connectivity index (χ1) is 17.6. The molecule has 0 bridgehead atoms. The van der Waals surface area contributed by atoms with Crippen molar-refractivity contribution in [3.05, 3.63) is 89.9 Å². The summed E-state index contributed by atoms with van der Waals surface area (Å²) in [5.41, 5.74) is 4.37. The Hall–Kier alpha value is -4.37. The van der Waals surface area contributed by atoms with Crippen molar-refractivity contribution in [3.8, 4) is 28.6 Å². The Morgan fingerprint density at radius 3 is 2.67 bits per heavy atom. The van der Waals surface area contributed by atoms with Gasteiger partial charge in [-0.1, -0.05) is 41.6 Å². The van der Waals surface area contributed by atoms with Crippen LogP contribution in [-0.2, 0) is 0 Å². The minimum absolute atomic E-state index is 0.201. The maximum atomic E-state index is 5.84. The molecular formula is C27H22N4O4S. The molecule has 1 atom stereocenters. The molecule has 0 aliphatic carbocycles. The topological polar surface area (TPSA) is 81.9 Å². The molecule has 0 saturated heterocycles. The van der Waals surface area contributed by atoms with E-state index in [0.29, 0.717) is 28.3 Å². The predicted molar refractivity (Wildman–Crippen MR) is 139 cm³/mol. The summed E-state index contributed by atoms with van der Waals surface area (Å²) in [5, 5.41) is 8.32. The number of nitrogens with zero attached hydrogens (tertiary/aromatic N) is 3. The van der Waals surface area contributed by atoms with Gasteiger partial charge in [-0.05, 0) is 55.0 Å². The molecule has 2 aliphatic rings. The van der Waals surface area contributed by atoms with Crippen molar-refractivity contribution in [2.75, 3.05) is 18.8 Å². The highest BCUT2D eigenvalue weighted by molar-refractivity contribution is 7.80. The van der Waals surface area contributed by atoms with Crippen LogP contribution in [0.3, 0.4) is 0 Å². The summed E-state index contributed by atoms with van der Waals surface area (Å²) in [6.45, 7) is 2.20. The summed E-state index contributed by atoms with van der Waals surface area (Å²) in [5.74, 6) is 2.94. The Balaban J connectivity index is 1.47. The van der Waals surface area contributed by atoms with Crippen molar-refractivity contribution in [2.24, 2.45) is 0 Å². The average Bonchev–Trinajstić information content (AvgIpc) is 3.58. The van der Waals surface area contributed by atoms with Gasteiger partial charge in [0.25, 0.3) is 5.89 Å². The Bertz CT molecular complexity index is 1480. The van der Waals surface area contributed by atoms with Crippen molar-refractivity contribution in [3.63, 3.8) is 0 Å². The van der Waals surface area contributed by atoms with E-state index >= 15 is 0 Å². The zero-order valence-corrected chi connectivity index (χ0v) is 20.4. The molecule has 0 radical (unpaired) electrons. The maximum absolute atomic E-state index is 5.84. The monoisotopic (exact) mass is 498 g/mol. The Kier molecular flexibility index (Phi) is 5.54. The van der Waals surface area contributed by atoms with Crippen molar-refractivity contribution in [1.82, 2.24) is 15.5 Å². The molecule has 1 N–H and O–H groups in total. The number of anilines is 1. The maximum Gasteiger partial charge on any atom is 0.258 e. The standard InChI is InChI=1S/C27H22N4O4S/c1-16-23(26-29-25(30-35-26)18-11-12-21-22(13-18)34-15-33-21)24(17-7-4-3-5-8-17)28-27(36)31(16)19-9-6-10-20(14-19)32-2/h3-14,24H,15H2,1-2H3,(H,28,36). The largest absolute Gasteiger partial charge is 0.497 e. The van der Waals surface area contributed by atoms with E-state index in [9.17, 15) is 0 Å². The van der Waals surface area contributed by atoms with Gasteiger partial charge in [-0.2, -0.15) is 4.98 Å². The third-order valence-electron chi connectivity index (χ3n) is 6.22. The van der Waals surface area contributed by atoms with Gasteiger partial charge < -0.3 is 24.1 Å². The van der Waals surface area contributed by atoms with Gasteiger partial charge in [0, 0.05) is 17.3 Å². The fraction of sp³-hybridized carbons (Fsp3) is 0.148. The van der Waals surface area contributed by atoms with Gasteiger partial charge in [-0.15, -0.1) is 0 Å². The number of fused-ring (bicyclic) bond motifs is 1. The molecule has 36 heavy (non-hydrogen) atoms. The van der Waals surface area contributed by atoms with Crippen molar-refractivity contribution in [2.45, 2.75) is 13.0 Å². The quantitative estimate of drug-likeness (QED) is 0.367. The number of rotatable bonds is 5. The Labute approximate surface area is 213 Å². The summed E-state index contributed by atoms with van der Waals surface area (Å²) < 4.78 is 22.2. The molecule has 8 nitrogen and oxygen atoms in total. The molecule has 180 valence electrons. The van der Waals surface area contributed by atoms with Crippen LogP contribution < -0.4 is 24.4 Å². The average molecular weight is 499 g/mol. The lowest BCUT2D eigenvalue weighted by atomic mass is 9.94. The van der Waals surface area contributed by atoms with Gasteiger partial charge in [-0.25, -0.2) is 0 Å². The SMILES string of the molecule is COc1cccc(N2C(=S)NC(c3ccccc3)C(c3nc(-c4ccc5c(c4)OCO5)no3)=C2C)c1. The van der Waals surface area contributed by atoms with E-state index in [-0.39, 0.29) is 12.8 Å². The first-order valence-electron chi connectivity index (χ1n) is 11.4. The van der Waals surface area contributed by atoms with Crippen LogP contribution in [0.5, 0.6) is 17.2 Å². The number of methoxy groups -OCH3 is 1. The Morgan fingerprint density at radius 2 is 1.83 bits per heavy atom. The van der Waals surface area contributed by atoms with Crippen LogP contribution in [0, 0.1) is 0 Å². The number of nitrogens with one attached hydrogen (secondary N) is 1. The summed E-state index contributed by atoms with van der Waals surface area (Å²) in [6, 6.07) is 23.1. The van der Waals surface area contributed by atoms with E-state index in [1.54, 1.807) is 7.11 Å². The van der Waals surface area contributed by atoms with Crippen molar-refractivity contribution < 1.29 is 18.7 Å². The number of ether oxygens (including phenoxy) is 3. The lowest BCUT2D eigenvalue weighted by Crippen LogP contribution is -2.46. The van der Waals surface area contributed by atoms with Crippen LogP contribution in [0.15, 0.2) is 83.0 Å². The summed E-state index contributed by atoms with van der Waals surface area (Å²) in [6.07, 6.45) is 0. The molecule has 1 aromatic heterocycles. The molecule has 1 unspecified atom stereocenters. The van der Waals surface area contributed by atoms with E-state index in [1.165, 1.54) is 0 Å². The number of hydrogen-bond acceptors (Lipinski definition) is 7. The highest BCUT2D eigenvalue weighted by atomic mass is 32.1. The molecule has 2 aliphatic heterocycles. The van der Waals surface area contributed by atoms with E-state index in [2.05, 4.69) is 10.5 Å². The lowest BCUT2D eigenvalue weighted by molar-refractivity contribution is 0.174. The number of benzene rings is 3. The molecule has 0 amide bonds. The zero-order chi connectivity index (χ0) is 24.6. The van der Waals surface area contributed by atoms with Gasteiger partial charge in [0.05, 0.1) is 24.4 Å². The molecule has 6 rings (SSSR count). The summed E-state index contributed by atoms with van der Waals surface area (Å²) in [7, 11) is 1.64. The van der Waals surface area contributed by atoms with Crippen LogP contribution in [-0.4, -0.2) is 29.2 Å². The summed E-state index contributed by atoms with van der Waals surface area (Å²) in [4.78, 5) is 6.73. The molecule has 0 fully saturated rings. The predicted octanol–water partition coefficient (Wildman–Crippen LogP) is 5.34. The minimum Gasteiger partial charge on any atom is -0.497 e. The number of allylic oxidation sites excluding steroid dienone is 1. The van der Waals surface area contributed by atoms with Gasteiger partial charge in [-0.3, -0.25) is 4.90 Å². The van der Waals surface area contributed by atoms with Gasteiger partial charge >= 0.3 is 0 Å². The van der Waals surface area contributed by atoms with E-state index in [4.69, 9.17) is 35.9 Å². The summed E-state index contributed by atoms with van der Waals surface area (Å²) >= 11 is 5.82. The molecule has 0 spiro atoms. The second-order valence-corrected chi connectivity index (χ2v) is 8.71. The Morgan fingerprint density at radius 1 is 1.00 bits per heavy atom. The zero-order valence-electron chi connectivity index (χ0n) is 19.6. The molecule has 3 heterocycles.